The molecule has 0 heterocycles. The number of oxime groups is 1. The smallest absolute Gasteiger partial charge is 0.136 e. The van der Waals surface area contributed by atoms with Crippen molar-refractivity contribution in [2.75, 3.05) is 0 Å². The van der Waals surface area contributed by atoms with Gasteiger partial charge in [0.15, 0.2) is 0 Å². The molecule has 2 heteroatoms. The molecule has 2 aromatic carbocycles. The van der Waals surface area contributed by atoms with Crippen LogP contribution in [-0.2, 0) is 11.3 Å². The Labute approximate surface area is 114 Å². The molecule has 0 saturated carbocycles. The lowest BCUT2D eigenvalue weighted by molar-refractivity contribution is -0.0127. The Morgan fingerprint density at radius 1 is 0.947 bits per heavy atom. The summed E-state index contributed by atoms with van der Waals surface area (Å²) in [5, 5.41) is 4.08. The van der Waals surface area contributed by atoms with Crippen molar-refractivity contribution in [3.05, 3.63) is 71.8 Å². The summed E-state index contributed by atoms with van der Waals surface area (Å²) in [4.78, 5) is 5.61. The molecule has 0 atom stereocenters. The molecular weight excluding hydrogens is 234 g/mol. The van der Waals surface area contributed by atoms with Crippen molar-refractivity contribution in [2.24, 2.45) is 5.16 Å². The van der Waals surface area contributed by atoms with Crippen molar-refractivity contribution in [2.45, 2.75) is 25.9 Å². The fourth-order valence-corrected chi connectivity index (χ4v) is 1.89. The monoisotopic (exact) mass is 253 g/mol. The maximum absolute atomic E-state index is 5.61. The molecule has 0 N–H and O–H groups in total. The molecule has 2 rings (SSSR count). The highest BCUT2D eigenvalue weighted by atomic mass is 16.6. The van der Waals surface area contributed by atoms with E-state index in [-0.39, 0.29) is 5.60 Å². The van der Waals surface area contributed by atoms with Gasteiger partial charge < -0.3 is 4.84 Å². The van der Waals surface area contributed by atoms with Crippen molar-refractivity contribution in [3.63, 3.8) is 0 Å². The molecule has 0 fully saturated rings. The summed E-state index contributed by atoms with van der Waals surface area (Å²) in [6.45, 7) is 4.09. The zero-order chi connectivity index (χ0) is 13.6. The number of benzene rings is 2. The first kappa shape index (κ1) is 13.3. The molecule has 0 aliphatic carbocycles. The van der Waals surface area contributed by atoms with Gasteiger partial charge in [0.05, 0.1) is 6.21 Å². The molecule has 0 spiro atoms. The highest BCUT2D eigenvalue weighted by molar-refractivity contribution is 5.78. The van der Waals surface area contributed by atoms with E-state index >= 15 is 0 Å². The summed E-state index contributed by atoms with van der Waals surface area (Å²) in [5.41, 5.74) is 1.98. The fraction of sp³-hybridized carbons (Fsp3) is 0.235. The number of hydrogen-bond acceptors (Lipinski definition) is 2. The van der Waals surface area contributed by atoms with Gasteiger partial charge in [-0.2, -0.15) is 0 Å². The van der Waals surface area contributed by atoms with Crippen LogP contribution in [0.3, 0.4) is 0 Å². The second-order valence-electron chi connectivity index (χ2n) is 5.16. The minimum absolute atomic E-state index is 0.313. The Morgan fingerprint density at radius 3 is 2.16 bits per heavy atom. The van der Waals surface area contributed by atoms with Crippen LogP contribution >= 0.6 is 0 Å². The third kappa shape index (κ3) is 4.59. The molecule has 0 bridgehead atoms. The lowest BCUT2D eigenvalue weighted by Gasteiger charge is -2.22. The van der Waals surface area contributed by atoms with Crippen LogP contribution in [0.2, 0.25) is 0 Å². The first-order chi connectivity index (χ1) is 9.16. The van der Waals surface area contributed by atoms with Crippen LogP contribution in [0.4, 0.5) is 0 Å². The maximum Gasteiger partial charge on any atom is 0.136 e. The first-order valence-electron chi connectivity index (χ1n) is 6.46. The second kappa shape index (κ2) is 6.19. The van der Waals surface area contributed by atoms with Gasteiger partial charge in [0.1, 0.15) is 5.60 Å². The summed E-state index contributed by atoms with van der Waals surface area (Å²) in [6, 6.07) is 20.2. The number of hydrogen-bond donors (Lipinski definition) is 0. The highest BCUT2D eigenvalue weighted by Crippen LogP contribution is 2.17. The minimum atomic E-state index is -0.313. The average molecular weight is 253 g/mol. The molecule has 0 aliphatic rings. The lowest BCUT2D eigenvalue weighted by Crippen LogP contribution is -2.25. The SMILES string of the molecule is CC(C)(Cc1ccccc1)O/N=C/c1ccccc1. The molecule has 0 radical (unpaired) electrons. The van der Waals surface area contributed by atoms with Crippen LogP contribution in [-0.4, -0.2) is 11.8 Å². The van der Waals surface area contributed by atoms with Gasteiger partial charge in [0.25, 0.3) is 0 Å². The van der Waals surface area contributed by atoms with Gasteiger partial charge in [-0.15, -0.1) is 0 Å². The summed E-state index contributed by atoms with van der Waals surface area (Å²) < 4.78 is 0. The molecule has 19 heavy (non-hydrogen) atoms. The Balaban J connectivity index is 1.92. The summed E-state index contributed by atoms with van der Waals surface area (Å²) in [7, 11) is 0. The van der Waals surface area contributed by atoms with Crippen LogP contribution in [0.1, 0.15) is 25.0 Å². The Morgan fingerprint density at radius 2 is 1.53 bits per heavy atom. The predicted molar refractivity (Wildman–Crippen MR) is 79.3 cm³/mol. The van der Waals surface area contributed by atoms with Gasteiger partial charge in [-0.25, -0.2) is 0 Å². The van der Waals surface area contributed by atoms with E-state index < -0.39 is 0 Å². The van der Waals surface area contributed by atoms with E-state index in [0.29, 0.717) is 0 Å². The Bertz CT molecular complexity index is 517. The van der Waals surface area contributed by atoms with Gasteiger partial charge in [0, 0.05) is 6.42 Å². The van der Waals surface area contributed by atoms with Crippen LogP contribution in [0.15, 0.2) is 65.8 Å². The highest BCUT2D eigenvalue weighted by Gasteiger charge is 2.19. The van der Waals surface area contributed by atoms with Crippen molar-refractivity contribution in [1.29, 1.82) is 0 Å². The maximum atomic E-state index is 5.61. The van der Waals surface area contributed by atoms with E-state index in [9.17, 15) is 0 Å². The van der Waals surface area contributed by atoms with E-state index in [1.807, 2.05) is 62.4 Å². The molecule has 98 valence electrons. The molecule has 0 aromatic heterocycles. The normalized spacial score (nSPS) is 11.7. The molecule has 0 unspecified atom stereocenters. The van der Waals surface area contributed by atoms with Gasteiger partial charge in [-0.05, 0) is 25.0 Å². The second-order valence-corrected chi connectivity index (χ2v) is 5.16. The van der Waals surface area contributed by atoms with E-state index in [2.05, 4.69) is 17.3 Å². The average Bonchev–Trinajstić information content (AvgIpc) is 2.40. The standard InChI is InChI=1S/C17H19NO/c1-17(2,13-15-9-5-3-6-10-15)19-18-14-16-11-7-4-8-12-16/h3-12,14H,13H2,1-2H3/b18-14+. The van der Waals surface area contributed by atoms with E-state index in [0.717, 1.165) is 12.0 Å². The van der Waals surface area contributed by atoms with Gasteiger partial charge in [0.2, 0.25) is 0 Å². The lowest BCUT2D eigenvalue weighted by atomic mass is 9.99. The van der Waals surface area contributed by atoms with Crippen molar-refractivity contribution in [3.8, 4) is 0 Å². The molecule has 2 aromatic rings. The van der Waals surface area contributed by atoms with Crippen LogP contribution in [0.25, 0.3) is 0 Å². The van der Waals surface area contributed by atoms with E-state index in [1.165, 1.54) is 5.56 Å². The van der Waals surface area contributed by atoms with Crippen LogP contribution in [0, 0.1) is 0 Å². The van der Waals surface area contributed by atoms with Gasteiger partial charge in [-0.3, -0.25) is 0 Å². The van der Waals surface area contributed by atoms with Gasteiger partial charge in [-0.1, -0.05) is 65.8 Å². The van der Waals surface area contributed by atoms with E-state index in [1.54, 1.807) is 6.21 Å². The third-order valence-corrected chi connectivity index (χ3v) is 2.77. The number of nitrogens with zero attached hydrogens (tertiary/aromatic N) is 1. The third-order valence-electron chi connectivity index (χ3n) is 2.77. The van der Waals surface area contributed by atoms with E-state index in [4.69, 9.17) is 4.84 Å². The summed E-state index contributed by atoms with van der Waals surface area (Å²) in [5.74, 6) is 0. The molecule has 0 saturated heterocycles. The number of rotatable bonds is 5. The van der Waals surface area contributed by atoms with Crippen molar-refractivity contribution < 1.29 is 4.84 Å². The largest absolute Gasteiger partial charge is 0.389 e. The zero-order valence-corrected chi connectivity index (χ0v) is 11.4. The molecule has 0 amide bonds. The predicted octanol–water partition coefficient (Wildman–Crippen LogP) is 4.06. The quantitative estimate of drug-likeness (QED) is 0.581. The fourth-order valence-electron chi connectivity index (χ4n) is 1.89. The zero-order valence-electron chi connectivity index (χ0n) is 11.4. The van der Waals surface area contributed by atoms with Crippen molar-refractivity contribution in [1.82, 2.24) is 0 Å². The Kier molecular flexibility index (Phi) is 4.35. The molecule has 0 aliphatic heterocycles. The van der Waals surface area contributed by atoms with Crippen LogP contribution in [0.5, 0.6) is 0 Å². The first-order valence-corrected chi connectivity index (χ1v) is 6.46. The van der Waals surface area contributed by atoms with Crippen LogP contribution < -0.4 is 0 Å². The summed E-state index contributed by atoms with van der Waals surface area (Å²) in [6.07, 6.45) is 2.58. The topological polar surface area (TPSA) is 21.6 Å². The Hall–Kier alpha value is -2.09. The molecule has 2 nitrogen and oxygen atoms in total. The summed E-state index contributed by atoms with van der Waals surface area (Å²) >= 11 is 0. The molecular formula is C17H19NO. The van der Waals surface area contributed by atoms with Gasteiger partial charge >= 0.3 is 0 Å². The van der Waals surface area contributed by atoms with Crippen molar-refractivity contribution >= 4 is 6.21 Å². The minimum Gasteiger partial charge on any atom is -0.389 e.